The number of carboxylic acids is 1. The molecule has 8 nitrogen and oxygen atoms in total. The normalized spacial score (nSPS) is 19.5. The molecule has 138 valence electrons. The zero-order chi connectivity index (χ0) is 18.5. The molecule has 1 fully saturated rings. The minimum absolute atomic E-state index is 0.0111. The maximum absolute atomic E-state index is 12.6. The van der Waals surface area contributed by atoms with Gasteiger partial charge >= 0.3 is 5.97 Å². The average Bonchev–Trinajstić information content (AvgIpc) is 3.29. The van der Waals surface area contributed by atoms with Crippen LogP contribution < -0.4 is 4.74 Å². The molecule has 0 bridgehead atoms. The number of aliphatic carboxylic acids is 1. The van der Waals surface area contributed by atoms with Crippen LogP contribution in [0.2, 0.25) is 0 Å². The van der Waals surface area contributed by atoms with Gasteiger partial charge in [0.15, 0.2) is 0 Å². The van der Waals surface area contributed by atoms with E-state index in [2.05, 4.69) is 15.4 Å². The van der Waals surface area contributed by atoms with E-state index in [4.69, 9.17) is 9.84 Å². The van der Waals surface area contributed by atoms with Crippen molar-refractivity contribution in [3.8, 4) is 5.75 Å². The molecule has 1 aromatic heterocycles. The van der Waals surface area contributed by atoms with Crippen LogP contribution in [-0.4, -0.2) is 57.5 Å². The van der Waals surface area contributed by atoms with Gasteiger partial charge in [-0.05, 0) is 30.0 Å². The molecule has 1 aliphatic heterocycles. The number of likely N-dealkylation sites (tertiary alicyclic amines) is 1. The van der Waals surface area contributed by atoms with Crippen molar-refractivity contribution in [1.29, 1.82) is 0 Å². The molecule has 0 unspecified atom stereocenters. The first-order chi connectivity index (χ1) is 12.6. The molecule has 8 heteroatoms. The van der Waals surface area contributed by atoms with Crippen molar-refractivity contribution in [3.05, 3.63) is 41.7 Å². The third-order valence-electron chi connectivity index (χ3n) is 4.81. The highest BCUT2D eigenvalue weighted by atomic mass is 16.5. The van der Waals surface area contributed by atoms with Gasteiger partial charge in [-0.1, -0.05) is 12.1 Å². The minimum Gasteiger partial charge on any atom is -0.497 e. The number of nitrogens with zero attached hydrogens (tertiary/aromatic N) is 3. The summed E-state index contributed by atoms with van der Waals surface area (Å²) in [5, 5.41) is 19.6. The molecule has 0 aliphatic carbocycles. The fourth-order valence-corrected chi connectivity index (χ4v) is 3.47. The number of rotatable bonds is 7. The first-order valence-electron chi connectivity index (χ1n) is 8.55. The van der Waals surface area contributed by atoms with Gasteiger partial charge in [0.05, 0.1) is 25.4 Å². The summed E-state index contributed by atoms with van der Waals surface area (Å²) in [6, 6.07) is 7.65. The lowest BCUT2D eigenvalue weighted by Crippen LogP contribution is -2.29. The molecule has 1 aromatic carbocycles. The zero-order valence-corrected chi connectivity index (χ0v) is 14.6. The highest BCUT2D eigenvalue weighted by Crippen LogP contribution is 2.34. The second kappa shape index (κ2) is 7.99. The van der Waals surface area contributed by atoms with Gasteiger partial charge in [0, 0.05) is 25.4 Å². The van der Waals surface area contributed by atoms with Gasteiger partial charge < -0.3 is 14.7 Å². The van der Waals surface area contributed by atoms with Gasteiger partial charge in [0.1, 0.15) is 5.75 Å². The summed E-state index contributed by atoms with van der Waals surface area (Å²) in [6.45, 7) is 0.905. The van der Waals surface area contributed by atoms with Crippen molar-refractivity contribution in [2.45, 2.75) is 25.2 Å². The first-order valence-corrected chi connectivity index (χ1v) is 8.55. The summed E-state index contributed by atoms with van der Waals surface area (Å²) >= 11 is 0. The van der Waals surface area contributed by atoms with E-state index in [1.807, 2.05) is 24.3 Å². The minimum atomic E-state index is -0.867. The number of hydrogen-bond acceptors (Lipinski definition) is 5. The third-order valence-corrected chi connectivity index (χ3v) is 4.81. The van der Waals surface area contributed by atoms with Crippen LogP contribution in [0.15, 0.2) is 30.5 Å². The molecule has 2 aromatic rings. The SMILES string of the molecule is COc1cccc(CCC(=O)N2C[C@H](CC(=O)O)[C@H](c3cn[nH]n3)C2)c1. The summed E-state index contributed by atoms with van der Waals surface area (Å²) in [5.74, 6) is -0.337. The highest BCUT2D eigenvalue weighted by Gasteiger charge is 2.38. The van der Waals surface area contributed by atoms with Gasteiger partial charge in [-0.2, -0.15) is 15.4 Å². The molecule has 3 rings (SSSR count). The number of methoxy groups -OCH3 is 1. The van der Waals surface area contributed by atoms with Crippen LogP contribution in [-0.2, 0) is 16.0 Å². The molecular formula is C18H22N4O4. The number of nitrogens with one attached hydrogen (secondary N) is 1. The number of H-pyrrole nitrogens is 1. The van der Waals surface area contributed by atoms with Crippen molar-refractivity contribution in [2.75, 3.05) is 20.2 Å². The van der Waals surface area contributed by atoms with Crippen LogP contribution in [0.4, 0.5) is 0 Å². The van der Waals surface area contributed by atoms with Crippen molar-refractivity contribution in [1.82, 2.24) is 20.3 Å². The Morgan fingerprint density at radius 1 is 1.38 bits per heavy atom. The maximum atomic E-state index is 12.6. The number of ether oxygens (including phenoxy) is 1. The Labute approximate surface area is 151 Å². The summed E-state index contributed by atoms with van der Waals surface area (Å²) in [7, 11) is 1.61. The number of carbonyl (C=O) groups excluding carboxylic acids is 1. The van der Waals surface area contributed by atoms with E-state index in [1.165, 1.54) is 0 Å². The van der Waals surface area contributed by atoms with Crippen LogP contribution in [0.5, 0.6) is 5.75 Å². The van der Waals surface area contributed by atoms with Gasteiger partial charge in [-0.3, -0.25) is 9.59 Å². The fourth-order valence-electron chi connectivity index (χ4n) is 3.47. The maximum Gasteiger partial charge on any atom is 0.303 e. The third kappa shape index (κ3) is 4.19. The Morgan fingerprint density at radius 3 is 2.92 bits per heavy atom. The molecule has 1 amide bonds. The van der Waals surface area contributed by atoms with Crippen LogP contribution in [0.25, 0.3) is 0 Å². The number of benzene rings is 1. The van der Waals surface area contributed by atoms with Gasteiger partial charge in [0.2, 0.25) is 5.91 Å². The second-order valence-electron chi connectivity index (χ2n) is 6.51. The summed E-state index contributed by atoms with van der Waals surface area (Å²) < 4.78 is 5.20. The predicted molar refractivity (Wildman–Crippen MR) is 92.8 cm³/mol. The van der Waals surface area contributed by atoms with Crippen LogP contribution in [0, 0.1) is 5.92 Å². The van der Waals surface area contributed by atoms with E-state index in [9.17, 15) is 9.59 Å². The number of hydrogen-bond donors (Lipinski definition) is 2. The van der Waals surface area contributed by atoms with Crippen LogP contribution in [0.1, 0.15) is 30.0 Å². The molecule has 0 spiro atoms. The molecule has 2 heterocycles. The molecule has 2 atom stereocenters. The Hall–Kier alpha value is -2.90. The largest absolute Gasteiger partial charge is 0.497 e. The fraction of sp³-hybridized carbons (Fsp3) is 0.444. The number of carbonyl (C=O) groups is 2. The molecule has 0 radical (unpaired) electrons. The standard InChI is InChI=1S/C18H22N4O4/c1-26-14-4-2-3-12(7-14)5-6-17(23)22-10-13(8-18(24)25)15(11-22)16-9-19-21-20-16/h2-4,7,9,13,15H,5-6,8,10-11H2,1H3,(H,24,25)(H,19,20,21)/t13-,15+/m0/s1. The van der Waals surface area contributed by atoms with E-state index < -0.39 is 5.97 Å². The monoisotopic (exact) mass is 358 g/mol. The Morgan fingerprint density at radius 2 is 2.23 bits per heavy atom. The number of carboxylic acid groups (broad SMARTS) is 1. The van der Waals surface area contributed by atoms with E-state index in [0.29, 0.717) is 31.6 Å². The molecule has 0 saturated carbocycles. The molecule has 2 N–H and O–H groups in total. The van der Waals surface area contributed by atoms with Crippen LogP contribution >= 0.6 is 0 Å². The molecular weight excluding hydrogens is 336 g/mol. The predicted octanol–water partition coefficient (Wildman–Crippen LogP) is 1.46. The summed E-state index contributed by atoms with van der Waals surface area (Å²) in [6.07, 6.45) is 2.60. The van der Waals surface area contributed by atoms with Crippen molar-refractivity contribution >= 4 is 11.9 Å². The Kier molecular flexibility index (Phi) is 5.50. The van der Waals surface area contributed by atoms with Crippen molar-refractivity contribution in [3.63, 3.8) is 0 Å². The molecule has 26 heavy (non-hydrogen) atoms. The number of aromatic nitrogens is 3. The lowest BCUT2D eigenvalue weighted by atomic mass is 9.91. The first kappa shape index (κ1) is 17.9. The van der Waals surface area contributed by atoms with Crippen molar-refractivity contribution in [2.24, 2.45) is 5.92 Å². The summed E-state index contributed by atoms with van der Waals surface area (Å²) in [5.41, 5.74) is 1.74. The van der Waals surface area contributed by atoms with Crippen LogP contribution in [0.3, 0.4) is 0 Å². The van der Waals surface area contributed by atoms with Gasteiger partial charge in [-0.15, -0.1) is 0 Å². The number of aryl methyl sites for hydroxylation is 1. The van der Waals surface area contributed by atoms with Crippen molar-refractivity contribution < 1.29 is 19.4 Å². The lowest BCUT2D eigenvalue weighted by molar-refractivity contribution is -0.138. The Balaban J connectivity index is 1.62. The average molecular weight is 358 g/mol. The topological polar surface area (TPSA) is 108 Å². The van der Waals surface area contributed by atoms with Gasteiger partial charge in [-0.25, -0.2) is 0 Å². The summed E-state index contributed by atoms with van der Waals surface area (Å²) in [4.78, 5) is 25.5. The number of aromatic amines is 1. The quantitative estimate of drug-likeness (QED) is 0.776. The second-order valence-corrected chi connectivity index (χ2v) is 6.51. The lowest BCUT2D eigenvalue weighted by Gasteiger charge is -2.16. The van der Waals surface area contributed by atoms with E-state index in [-0.39, 0.29) is 24.2 Å². The smallest absolute Gasteiger partial charge is 0.303 e. The molecule has 1 saturated heterocycles. The molecule has 1 aliphatic rings. The van der Waals surface area contributed by atoms with E-state index >= 15 is 0 Å². The Bertz CT molecular complexity index is 762. The van der Waals surface area contributed by atoms with E-state index in [0.717, 1.165) is 11.3 Å². The zero-order valence-electron chi connectivity index (χ0n) is 14.6. The van der Waals surface area contributed by atoms with E-state index in [1.54, 1.807) is 18.2 Å². The number of amides is 1. The van der Waals surface area contributed by atoms with Gasteiger partial charge in [0.25, 0.3) is 0 Å². The highest BCUT2D eigenvalue weighted by molar-refractivity contribution is 5.77.